The highest BCUT2D eigenvalue weighted by Crippen LogP contribution is 2.04. The number of H-pyrrole nitrogens is 1. The summed E-state index contributed by atoms with van der Waals surface area (Å²) in [5.74, 6) is 0. The summed E-state index contributed by atoms with van der Waals surface area (Å²) in [7, 11) is 0. The molecule has 19 heavy (non-hydrogen) atoms. The molecule has 2 aromatic heterocycles. The zero-order valence-electron chi connectivity index (χ0n) is 9.24. The summed E-state index contributed by atoms with van der Waals surface area (Å²) in [6.07, 6.45) is 3.46. The molecule has 0 atom stereocenters. The van der Waals surface area contributed by atoms with Crippen LogP contribution in [0.1, 0.15) is 5.69 Å². The number of aromatic amines is 1. The average molecular weight is 284 g/mol. The minimum absolute atomic E-state index is 0.0688. The van der Waals surface area contributed by atoms with Gasteiger partial charge in [0.2, 0.25) is 0 Å². The molecule has 0 fully saturated rings. The van der Waals surface area contributed by atoms with Crippen molar-refractivity contribution in [3.8, 4) is 0 Å². The van der Waals surface area contributed by atoms with Crippen molar-refractivity contribution in [1.82, 2.24) is 19.5 Å². The molecule has 2 rings (SSSR count). The fraction of sp³-hybridized carbons (Fsp3) is 0.111. The van der Waals surface area contributed by atoms with Gasteiger partial charge in [-0.15, -0.1) is 0 Å². The van der Waals surface area contributed by atoms with Crippen LogP contribution in [0.4, 0.5) is 5.69 Å². The van der Waals surface area contributed by atoms with Crippen LogP contribution in [0.3, 0.4) is 0 Å². The number of hydrogen-bond acceptors (Lipinski definition) is 6. The van der Waals surface area contributed by atoms with Crippen LogP contribution in [-0.2, 0) is 6.54 Å². The monoisotopic (exact) mass is 283 g/mol. The Hall–Kier alpha value is -2.55. The first-order valence-electron chi connectivity index (χ1n) is 4.92. The molecule has 2 aromatic rings. The van der Waals surface area contributed by atoms with Gasteiger partial charge in [0.05, 0.1) is 35.8 Å². The largest absolute Gasteiger partial charge is 0.350 e. The minimum atomic E-state index is -1.05. The molecule has 0 saturated carbocycles. The molecule has 1 N–H and O–H groups in total. The van der Waals surface area contributed by atoms with Gasteiger partial charge in [0, 0.05) is 0 Å². The maximum absolute atomic E-state index is 11.5. The first-order chi connectivity index (χ1) is 8.97. The number of rotatable bonds is 3. The highest BCUT2D eigenvalue weighted by molar-refractivity contribution is 6.29. The van der Waals surface area contributed by atoms with E-state index in [9.17, 15) is 19.7 Å². The molecule has 0 unspecified atom stereocenters. The quantitative estimate of drug-likeness (QED) is 0.621. The van der Waals surface area contributed by atoms with E-state index in [0.717, 1.165) is 10.8 Å². The molecule has 0 bridgehead atoms. The van der Waals surface area contributed by atoms with Crippen molar-refractivity contribution in [2.24, 2.45) is 0 Å². The highest BCUT2D eigenvalue weighted by Gasteiger charge is 2.15. The van der Waals surface area contributed by atoms with Crippen molar-refractivity contribution in [1.29, 1.82) is 0 Å². The van der Waals surface area contributed by atoms with E-state index >= 15 is 0 Å². The van der Waals surface area contributed by atoms with E-state index in [-0.39, 0.29) is 11.7 Å². The third kappa shape index (κ3) is 2.83. The van der Waals surface area contributed by atoms with Gasteiger partial charge in [0.15, 0.2) is 0 Å². The number of aromatic nitrogens is 4. The molecular formula is C9H6ClN5O4. The zero-order chi connectivity index (χ0) is 14.0. The van der Waals surface area contributed by atoms with E-state index < -0.39 is 21.9 Å². The molecule has 0 saturated heterocycles. The first-order valence-corrected chi connectivity index (χ1v) is 5.30. The van der Waals surface area contributed by atoms with Crippen LogP contribution in [0, 0.1) is 10.1 Å². The molecule has 0 aliphatic heterocycles. The van der Waals surface area contributed by atoms with Crippen molar-refractivity contribution < 1.29 is 4.92 Å². The minimum Gasteiger partial charge on any atom is -0.288 e. The fourth-order valence-corrected chi connectivity index (χ4v) is 1.44. The number of halogens is 1. The number of nitro groups is 1. The molecule has 0 aliphatic carbocycles. The molecule has 0 aliphatic rings. The predicted molar refractivity (Wildman–Crippen MR) is 64.1 cm³/mol. The Balaban J connectivity index is 2.43. The third-order valence-electron chi connectivity index (χ3n) is 2.19. The van der Waals surface area contributed by atoms with Gasteiger partial charge < -0.3 is 0 Å². The smallest absolute Gasteiger partial charge is 0.288 e. The molecule has 10 heteroatoms. The maximum atomic E-state index is 11.5. The van der Waals surface area contributed by atoms with Crippen LogP contribution in [0.2, 0.25) is 5.15 Å². The summed E-state index contributed by atoms with van der Waals surface area (Å²) in [6.45, 7) is -0.0688. The van der Waals surface area contributed by atoms with E-state index in [4.69, 9.17) is 11.6 Å². The van der Waals surface area contributed by atoms with Crippen molar-refractivity contribution >= 4 is 17.3 Å². The Labute approximate surface area is 109 Å². The second-order valence-corrected chi connectivity index (χ2v) is 3.88. The summed E-state index contributed by atoms with van der Waals surface area (Å²) in [6, 6.07) is 0. The average Bonchev–Trinajstić information content (AvgIpc) is 2.34. The Kier molecular flexibility index (Phi) is 3.38. The SMILES string of the molecule is O=c1[nH]c(=O)n(Cc2cnc(Cl)cn2)cc1[N+](=O)[O-]. The van der Waals surface area contributed by atoms with Crippen molar-refractivity contribution in [2.75, 3.05) is 0 Å². The molecular weight excluding hydrogens is 278 g/mol. The Morgan fingerprint density at radius 3 is 2.68 bits per heavy atom. The van der Waals surface area contributed by atoms with Gasteiger partial charge in [0.1, 0.15) is 5.15 Å². The molecule has 0 aromatic carbocycles. The fourth-order valence-electron chi connectivity index (χ4n) is 1.34. The summed E-state index contributed by atoms with van der Waals surface area (Å²) in [5, 5.41) is 10.8. The van der Waals surface area contributed by atoms with E-state index in [2.05, 4.69) is 9.97 Å². The second kappa shape index (κ2) is 4.98. The van der Waals surface area contributed by atoms with Crippen LogP contribution in [0.25, 0.3) is 0 Å². The van der Waals surface area contributed by atoms with Gasteiger partial charge in [-0.25, -0.2) is 9.78 Å². The number of hydrogen-bond donors (Lipinski definition) is 1. The van der Waals surface area contributed by atoms with E-state index in [0.29, 0.717) is 5.69 Å². The molecule has 0 radical (unpaired) electrons. The number of nitrogens with one attached hydrogen (secondary N) is 1. The number of nitrogens with zero attached hydrogens (tertiary/aromatic N) is 4. The van der Waals surface area contributed by atoms with Crippen molar-refractivity contribution in [3.05, 3.63) is 60.4 Å². The summed E-state index contributed by atoms with van der Waals surface area (Å²) in [5.41, 5.74) is -2.17. The Morgan fingerprint density at radius 1 is 1.37 bits per heavy atom. The maximum Gasteiger partial charge on any atom is 0.350 e. The topological polar surface area (TPSA) is 124 Å². The normalized spacial score (nSPS) is 10.4. The van der Waals surface area contributed by atoms with Crippen molar-refractivity contribution in [3.63, 3.8) is 0 Å². The van der Waals surface area contributed by atoms with Gasteiger partial charge in [-0.05, 0) is 0 Å². The van der Waals surface area contributed by atoms with Gasteiger partial charge >= 0.3 is 16.9 Å². The first kappa shape index (κ1) is 12.9. The Morgan fingerprint density at radius 2 is 2.11 bits per heavy atom. The summed E-state index contributed by atoms with van der Waals surface area (Å²) < 4.78 is 0.956. The predicted octanol–water partition coefficient (Wildman–Crippen LogP) is -0.0635. The second-order valence-electron chi connectivity index (χ2n) is 3.49. The lowest BCUT2D eigenvalue weighted by atomic mass is 10.4. The van der Waals surface area contributed by atoms with Crippen LogP contribution in [-0.4, -0.2) is 24.4 Å². The lowest BCUT2D eigenvalue weighted by Gasteiger charge is -2.03. The summed E-state index contributed by atoms with van der Waals surface area (Å²) >= 11 is 5.55. The molecule has 2 heterocycles. The summed E-state index contributed by atoms with van der Waals surface area (Å²) in [4.78, 5) is 41.9. The van der Waals surface area contributed by atoms with Crippen LogP contribution >= 0.6 is 11.6 Å². The highest BCUT2D eigenvalue weighted by atomic mass is 35.5. The standard InChI is InChI=1S/C9H6ClN5O4/c10-7-2-11-5(1-12-7)3-14-4-6(15(18)19)8(16)13-9(14)17/h1-2,4H,3H2,(H,13,16,17). The van der Waals surface area contributed by atoms with E-state index in [1.54, 1.807) is 0 Å². The third-order valence-corrected chi connectivity index (χ3v) is 2.39. The zero-order valence-corrected chi connectivity index (χ0v) is 9.99. The molecule has 0 amide bonds. The van der Waals surface area contributed by atoms with E-state index in [1.165, 1.54) is 12.4 Å². The molecule has 9 nitrogen and oxygen atoms in total. The van der Waals surface area contributed by atoms with Crippen LogP contribution in [0.15, 0.2) is 28.2 Å². The van der Waals surface area contributed by atoms with Crippen LogP contribution in [0.5, 0.6) is 0 Å². The van der Waals surface area contributed by atoms with Gasteiger partial charge in [-0.2, -0.15) is 0 Å². The van der Waals surface area contributed by atoms with Crippen molar-refractivity contribution in [2.45, 2.75) is 6.54 Å². The van der Waals surface area contributed by atoms with E-state index in [1.807, 2.05) is 4.98 Å². The molecule has 0 spiro atoms. The lowest BCUT2D eigenvalue weighted by Crippen LogP contribution is -2.31. The molecule has 98 valence electrons. The Bertz CT molecular complexity index is 736. The van der Waals surface area contributed by atoms with Gasteiger partial charge in [-0.3, -0.25) is 29.4 Å². The van der Waals surface area contributed by atoms with Gasteiger partial charge in [0.25, 0.3) is 0 Å². The van der Waals surface area contributed by atoms with Gasteiger partial charge in [-0.1, -0.05) is 11.6 Å². The lowest BCUT2D eigenvalue weighted by molar-refractivity contribution is -0.386. The van der Waals surface area contributed by atoms with Crippen LogP contribution < -0.4 is 11.2 Å².